The zero-order valence-electron chi connectivity index (χ0n) is 8.64. The highest BCUT2D eigenvalue weighted by Gasteiger charge is 2.11. The number of nitriles is 2. The van der Waals surface area contributed by atoms with E-state index in [0.29, 0.717) is 21.9 Å². The molecule has 2 rings (SSSR count). The molecule has 0 bridgehead atoms. The van der Waals surface area contributed by atoms with Crippen molar-refractivity contribution in [3.05, 3.63) is 47.0 Å². The van der Waals surface area contributed by atoms with Gasteiger partial charge in [0, 0.05) is 0 Å². The summed E-state index contributed by atoms with van der Waals surface area (Å²) in [5.74, 6) is -1.11. The fourth-order valence-corrected chi connectivity index (χ4v) is 1.67. The Hall–Kier alpha value is -2.85. The lowest BCUT2D eigenvalue weighted by Crippen LogP contribution is -1.98. The van der Waals surface area contributed by atoms with Gasteiger partial charge in [-0.15, -0.1) is 0 Å². The summed E-state index contributed by atoms with van der Waals surface area (Å²) in [4.78, 5) is 11.1. The van der Waals surface area contributed by atoms with Crippen molar-refractivity contribution >= 4 is 16.7 Å². The summed E-state index contributed by atoms with van der Waals surface area (Å²) in [7, 11) is 0. The highest BCUT2D eigenvalue weighted by molar-refractivity contribution is 6.04. The van der Waals surface area contributed by atoms with Crippen molar-refractivity contribution in [2.45, 2.75) is 0 Å². The first kappa shape index (κ1) is 10.7. The second kappa shape index (κ2) is 3.96. The largest absolute Gasteiger partial charge is 0.478 e. The van der Waals surface area contributed by atoms with Crippen LogP contribution in [0.15, 0.2) is 30.3 Å². The van der Waals surface area contributed by atoms with Crippen molar-refractivity contribution in [2.75, 3.05) is 0 Å². The summed E-state index contributed by atoms with van der Waals surface area (Å²) < 4.78 is 0. The van der Waals surface area contributed by atoms with Gasteiger partial charge in [-0.25, -0.2) is 4.79 Å². The second-order valence-corrected chi connectivity index (χ2v) is 3.49. The van der Waals surface area contributed by atoms with Crippen LogP contribution >= 0.6 is 0 Å². The van der Waals surface area contributed by atoms with E-state index < -0.39 is 5.97 Å². The monoisotopic (exact) mass is 222 g/mol. The minimum atomic E-state index is -1.11. The SMILES string of the molecule is N#Cc1cc(C(=O)O)c2cc(C#N)ccc2c1. The van der Waals surface area contributed by atoms with E-state index in [1.54, 1.807) is 18.2 Å². The number of carboxylic acids is 1. The average molecular weight is 222 g/mol. The lowest BCUT2D eigenvalue weighted by molar-refractivity contribution is 0.0699. The van der Waals surface area contributed by atoms with Crippen LogP contribution in [0, 0.1) is 22.7 Å². The Balaban J connectivity index is 2.89. The molecule has 0 amide bonds. The van der Waals surface area contributed by atoms with Gasteiger partial charge in [-0.05, 0) is 35.0 Å². The van der Waals surface area contributed by atoms with Crippen LogP contribution in [0.4, 0.5) is 0 Å². The van der Waals surface area contributed by atoms with E-state index in [1.165, 1.54) is 12.1 Å². The summed E-state index contributed by atoms with van der Waals surface area (Å²) >= 11 is 0. The molecule has 17 heavy (non-hydrogen) atoms. The molecule has 0 aromatic heterocycles. The van der Waals surface area contributed by atoms with Gasteiger partial charge in [0.1, 0.15) is 0 Å². The first-order valence-electron chi connectivity index (χ1n) is 4.77. The van der Waals surface area contributed by atoms with Gasteiger partial charge < -0.3 is 5.11 Å². The number of hydrogen-bond donors (Lipinski definition) is 1. The number of aromatic carboxylic acids is 1. The number of nitrogens with zero attached hydrogens (tertiary/aromatic N) is 2. The van der Waals surface area contributed by atoms with Crippen LogP contribution in [0.25, 0.3) is 10.8 Å². The van der Waals surface area contributed by atoms with Crippen LogP contribution < -0.4 is 0 Å². The predicted octanol–water partition coefficient (Wildman–Crippen LogP) is 2.28. The Kier molecular flexibility index (Phi) is 2.48. The average Bonchev–Trinajstić information content (AvgIpc) is 2.36. The number of rotatable bonds is 1. The van der Waals surface area contributed by atoms with Gasteiger partial charge in [0.15, 0.2) is 0 Å². The molecule has 4 heteroatoms. The molecule has 4 nitrogen and oxygen atoms in total. The Morgan fingerprint density at radius 2 is 1.76 bits per heavy atom. The fraction of sp³-hybridized carbons (Fsp3) is 0. The molecule has 0 heterocycles. The summed E-state index contributed by atoms with van der Waals surface area (Å²) in [6.45, 7) is 0. The summed E-state index contributed by atoms with van der Waals surface area (Å²) in [6, 6.07) is 11.5. The third kappa shape index (κ3) is 1.80. The van der Waals surface area contributed by atoms with Crippen molar-refractivity contribution in [1.82, 2.24) is 0 Å². The third-order valence-electron chi connectivity index (χ3n) is 2.44. The van der Waals surface area contributed by atoms with Crippen LogP contribution in [0.5, 0.6) is 0 Å². The molecule has 0 spiro atoms. The zero-order chi connectivity index (χ0) is 12.4. The normalized spacial score (nSPS) is 9.53. The van der Waals surface area contributed by atoms with Crippen molar-refractivity contribution in [3.63, 3.8) is 0 Å². The molecule has 0 aliphatic carbocycles. The van der Waals surface area contributed by atoms with Crippen molar-refractivity contribution in [3.8, 4) is 12.1 Å². The predicted molar refractivity (Wildman–Crippen MR) is 60.3 cm³/mol. The molecule has 80 valence electrons. The van der Waals surface area contributed by atoms with Gasteiger partial charge in [0.05, 0.1) is 28.8 Å². The molecular formula is C13H6N2O2. The zero-order valence-corrected chi connectivity index (χ0v) is 8.64. The van der Waals surface area contributed by atoms with E-state index in [1.807, 2.05) is 12.1 Å². The van der Waals surface area contributed by atoms with E-state index >= 15 is 0 Å². The molecule has 2 aromatic rings. The lowest BCUT2D eigenvalue weighted by atomic mass is 9.99. The van der Waals surface area contributed by atoms with Crippen LogP contribution in [0.1, 0.15) is 21.5 Å². The van der Waals surface area contributed by atoms with E-state index in [2.05, 4.69) is 0 Å². The van der Waals surface area contributed by atoms with Gasteiger partial charge in [-0.2, -0.15) is 10.5 Å². The van der Waals surface area contributed by atoms with Crippen molar-refractivity contribution in [1.29, 1.82) is 10.5 Å². The summed E-state index contributed by atoms with van der Waals surface area (Å²) in [5, 5.41) is 27.8. The second-order valence-electron chi connectivity index (χ2n) is 3.49. The maximum Gasteiger partial charge on any atom is 0.336 e. The first-order chi connectivity index (χ1) is 8.15. The van der Waals surface area contributed by atoms with E-state index in [4.69, 9.17) is 15.6 Å². The number of hydrogen-bond acceptors (Lipinski definition) is 3. The lowest BCUT2D eigenvalue weighted by Gasteiger charge is -2.03. The Morgan fingerprint density at radius 3 is 2.35 bits per heavy atom. The van der Waals surface area contributed by atoms with Crippen molar-refractivity contribution < 1.29 is 9.90 Å². The van der Waals surface area contributed by atoms with Gasteiger partial charge in [-0.1, -0.05) is 6.07 Å². The van der Waals surface area contributed by atoms with Gasteiger partial charge in [0.2, 0.25) is 0 Å². The topological polar surface area (TPSA) is 84.9 Å². The van der Waals surface area contributed by atoms with Crippen LogP contribution in [0.3, 0.4) is 0 Å². The maximum absolute atomic E-state index is 11.1. The molecule has 0 unspecified atom stereocenters. The molecule has 0 aliphatic rings. The molecule has 0 saturated carbocycles. The quantitative estimate of drug-likeness (QED) is 0.802. The molecular weight excluding hydrogens is 216 g/mol. The highest BCUT2D eigenvalue weighted by atomic mass is 16.4. The molecule has 0 radical (unpaired) electrons. The standard InChI is InChI=1S/C13H6N2O2/c14-6-8-1-2-10-3-9(7-15)5-12(13(16)17)11(10)4-8/h1-5H,(H,16,17). The fourth-order valence-electron chi connectivity index (χ4n) is 1.67. The van der Waals surface area contributed by atoms with E-state index in [0.717, 1.165) is 0 Å². The number of carboxylic acid groups (broad SMARTS) is 1. The molecule has 0 aliphatic heterocycles. The Morgan fingerprint density at radius 1 is 1.06 bits per heavy atom. The van der Waals surface area contributed by atoms with E-state index in [-0.39, 0.29) is 5.56 Å². The maximum atomic E-state index is 11.1. The van der Waals surface area contributed by atoms with Gasteiger partial charge >= 0.3 is 5.97 Å². The molecule has 2 aromatic carbocycles. The Bertz CT molecular complexity index is 706. The molecule has 0 atom stereocenters. The highest BCUT2D eigenvalue weighted by Crippen LogP contribution is 2.22. The molecule has 1 N–H and O–H groups in total. The van der Waals surface area contributed by atoms with Crippen LogP contribution in [-0.4, -0.2) is 11.1 Å². The minimum Gasteiger partial charge on any atom is -0.478 e. The van der Waals surface area contributed by atoms with Crippen molar-refractivity contribution in [2.24, 2.45) is 0 Å². The van der Waals surface area contributed by atoms with Crippen LogP contribution in [-0.2, 0) is 0 Å². The summed E-state index contributed by atoms with van der Waals surface area (Å²) in [6.07, 6.45) is 0. The number of carbonyl (C=O) groups is 1. The number of benzene rings is 2. The minimum absolute atomic E-state index is 0.0381. The first-order valence-corrected chi connectivity index (χ1v) is 4.77. The van der Waals surface area contributed by atoms with E-state index in [9.17, 15) is 4.79 Å². The smallest absolute Gasteiger partial charge is 0.336 e. The third-order valence-corrected chi connectivity index (χ3v) is 2.44. The summed E-state index contributed by atoms with van der Waals surface area (Å²) in [5.41, 5.74) is 0.723. The Labute approximate surface area is 96.9 Å². The van der Waals surface area contributed by atoms with Crippen LogP contribution in [0.2, 0.25) is 0 Å². The molecule has 0 fully saturated rings. The van der Waals surface area contributed by atoms with Gasteiger partial charge in [0.25, 0.3) is 0 Å². The van der Waals surface area contributed by atoms with Gasteiger partial charge in [-0.3, -0.25) is 0 Å². The number of fused-ring (bicyclic) bond motifs is 1. The molecule has 0 saturated heterocycles.